The summed E-state index contributed by atoms with van der Waals surface area (Å²) in [7, 11) is 1.71. The van der Waals surface area contributed by atoms with E-state index in [1.165, 1.54) is 0 Å². The average Bonchev–Trinajstić information content (AvgIpc) is 2.12. The lowest BCUT2D eigenvalue weighted by Gasteiger charge is -2.26. The maximum atomic E-state index is 7.89. The van der Waals surface area contributed by atoms with Crippen LogP contribution in [0.25, 0.3) is 0 Å². The molecule has 0 aliphatic heterocycles. The summed E-state index contributed by atoms with van der Waals surface area (Å²) in [5.41, 5.74) is 0. The lowest BCUT2D eigenvalue weighted by molar-refractivity contribution is 0.170. The molecular weight excluding hydrogens is 176 g/mol. The first-order valence-electron chi connectivity index (χ1n) is 5.43. The standard InChI is InChI=1S/C11H24N2O/c1-5-6-11(12)13(7-8-14-4)9-10(2)3/h10,12H,5-9H2,1-4H3. The van der Waals surface area contributed by atoms with Gasteiger partial charge < -0.3 is 9.64 Å². The molecule has 0 radical (unpaired) electrons. The van der Waals surface area contributed by atoms with Crippen molar-refractivity contribution in [3.05, 3.63) is 0 Å². The number of amidine groups is 1. The van der Waals surface area contributed by atoms with Gasteiger partial charge in [-0.2, -0.15) is 0 Å². The predicted octanol–water partition coefficient (Wildman–Crippen LogP) is 2.37. The molecule has 0 aliphatic carbocycles. The Morgan fingerprint density at radius 3 is 2.50 bits per heavy atom. The fourth-order valence-electron chi connectivity index (χ4n) is 1.37. The van der Waals surface area contributed by atoms with Gasteiger partial charge in [0.15, 0.2) is 0 Å². The fraction of sp³-hybridized carbons (Fsp3) is 0.909. The van der Waals surface area contributed by atoms with Gasteiger partial charge in [-0.1, -0.05) is 20.8 Å². The molecule has 0 unspecified atom stereocenters. The van der Waals surface area contributed by atoms with Crippen LogP contribution in [0.4, 0.5) is 0 Å². The van der Waals surface area contributed by atoms with Crippen LogP contribution < -0.4 is 0 Å². The van der Waals surface area contributed by atoms with Gasteiger partial charge >= 0.3 is 0 Å². The van der Waals surface area contributed by atoms with Crippen LogP contribution >= 0.6 is 0 Å². The van der Waals surface area contributed by atoms with E-state index in [1.54, 1.807) is 7.11 Å². The Bertz CT molecular complexity index is 157. The highest BCUT2D eigenvalue weighted by molar-refractivity contribution is 5.79. The first-order chi connectivity index (χ1) is 6.61. The molecular formula is C11H24N2O. The minimum Gasteiger partial charge on any atom is -0.383 e. The summed E-state index contributed by atoms with van der Waals surface area (Å²) >= 11 is 0. The highest BCUT2D eigenvalue weighted by Gasteiger charge is 2.09. The number of ether oxygens (including phenoxy) is 1. The predicted molar refractivity (Wildman–Crippen MR) is 60.9 cm³/mol. The molecule has 0 aromatic carbocycles. The third-order valence-corrected chi connectivity index (χ3v) is 2.02. The van der Waals surface area contributed by atoms with Crippen LogP contribution in [-0.2, 0) is 4.74 Å². The van der Waals surface area contributed by atoms with Gasteiger partial charge in [-0.05, 0) is 12.3 Å². The van der Waals surface area contributed by atoms with Gasteiger partial charge in [0.05, 0.1) is 12.4 Å². The average molecular weight is 200 g/mol. The van der Waals surface area contributed by atoms with E-state index in [4.69, 9.17) is 10.1 Å². The minimum atomic E-state index is 0.601. The maximum Gasteiger partial charge on any atom is 0.0958 e. The zero-order valence-corrected chi connectivity index (χ0v) is 9.97. The van der Waals surface area contributed by atoms with Crippen molar-refractivity contribution in [2.45, 2.75) is 33.6 Å². The molecule has 3 nitrogen and oxygen atoms in total. The minimum absolute atomic E-state index is 0.601. The zero-order valence-electron chi connectivity index (χ0n) is 9.97. The summed E-state index contributed by atoms with van der Waals surface area (Å²) in [6, 6.07) is 0. The van der Waals surface area contributed by atoms with E-state index >= 15 is 0 Å². The highest BCUT2D eigenvalue weighted by atomic mass is 16.5. The molecule has 14 heavy (non-hydrogen) atoms. The molecule has 0 heterocycles. The first kappa shape index (κ1) is 13.4. The second-order valence-electron chi connectivity index (χ2n) is 4.03. The second kappa shape index (κ2) is 7.80. The Morgan fingerprint density at radius 1 is 1.43 bits per heavy atom. The van der Waals surface area contributed by atoms with E-state index in [9.17, 15) is 0 Å². The molecule has 0 rings (SSSR count). The maximum absolute atomic E-state index is 7.89. The molecule has 0 bridgehead atoms. The highest BCUT2D eigenvalue weighted by Crippen LogP contribution is 2.03. The van der Waals surface area contributed by atoms with Gasteiger partial charge in [0, 0.05) is 26.6 Å². The van der Waals surface area contributed by atoms with Crippen LogP contribution in [0.1, 0.15) is 33.6 Å². The van der Waals surface area contributed by atoms with Gasteiger partial charge in [0.2, 0.25) is 0 Å². The van der Waals surface area contributed by atoms with E-state index in [1.807, 2.05) is 0 Å². The number of rotatable bonds is 7. The number of nitrogens with zero attached hydrogens (tertiary/aromatic N) is 1. The Balaban J connectivity index is 4.01. The molecule has 0 fully saturated rings. The van der Waals surface area contributed by atoms with Crippen molar-refractivity contribution < 1.29 is 4.74 Å². The van der Waals surface area contributed by atoms with E-state index in [0.717, 1.165) is 31.8 Å². The van der Waals surface area contributed by atoms with Gasteiger partial charge in [-0.15, -0.1) is 0 Å². The number of hydrogen-bond acceptors (Lipinski definition) is 2. The van der Waals surface area contributed by atoms with Gasteiger partial charge in [-0.25, -0.2) is 0 Å². The van der Waals surface area contributed by atoms with Crippen molar-refractivity contribution in [3.63, 3.8) is 0 Å². The molecule has 84 valence electrons. The smallest absolute Gasteiger partial charge is 0.0958 e. The number of methoxy groups -OCH3 is 1. The third kappa shape index (κ3) is 5.97. The largest absolute Gasteiger partial charge is 0.383 e. The lowest BCUT2D eigenvalue weighted by Crippen LogP contribution is -2.36. The Labute approximate surface area is 87.9 Å². The van der Waals surface area contributed by atoms with Gasteiger partial charge in [0.25, 0.3) is 0 Å². The quantitative estimate of drug-likeness (QED) is 0.506. The monoisotopic (exact) mass is 200 g/mol. The SMILES string of the molecule is CCCC(=N)N(CCOC)CC(C)C. The van der Waals surface area contributed by atoms with Crippen molar-refractivity contribution in [2.75, 3.05) is 26.8 Å². The summed E-state index contributed by atoms with van der Waals surface area (Å²) in [4.78, 5) is 2.12. The lowest BCUT2D eigenvalue weighted by atomic mass is 10.2. The van der Waals surface area contributed by atoms with Crippen LogP contribution in [0.15, 0.2) is 0 Å². The summed E-state index contributed by atoms with van der Waals surface area (Å²) in [6.45, 7) is 8.98. The molecule has 0 saturated heterocycles. The van der Waals surface area contributed by atoms with Crippen molar-refractivity contribution in [2.24, 2.45) is 5.92 Å². The van der Waals surface area contributed by atoms with E-state index in [-0.39, 0.29) is 0 Å². The van der Waals surface area contributed by atoms with Crippen molar-refractivity contribution in [3.8, 4) is 0 Å². The van der Waals surface area contributed by atoms with E-state index < -0.39 is 0 Å². The van der Waals surface area contributed by atoms with Crippen molar-refractivity contribution in [1.82, 2.24) is 4.90 Å². The third-order valence-electron chi connectivity index (χ3n) is 2.02. The molecule has 1 N–H and O–H groups in total. The van der Waals surface area contributed by atoms with Crippen LogP contribution in [0.5, 0.6) is 0 Å². The second-order valence-corrected chi connectivity index (χ2v) is 4.03. The van der Waals surface area contributed by atoms with E-state index in [2.05, 4.69) is 25.7 Å². The van der Waals surface area contributed by atoms with Crippen molar-refractivity contribution >= 4 is 5.84 Å². The van der Waals surface area contributed by atoms with Crippen molar-refractivity contribution in [1.29, 1.82) is 5.41 Å². The Kier molecular flexibility index (Phi) is 7.48. The summed E-state index contributed by atoms with van der Waals surface area (Å²) in [6.07, 6.45) is 1.91. The number of hydrogen-bond donors (Lipinski definition) is 1. The Morgan fingerprint density at radius 2 is 2.07 bits per heavy atom. The van der Waals surface area contributed by atoms with E-state index in [0.29, 0.717) is 12.5 Å². The van der Waals surface area contributed by atoms with Gasteiger partial charge in [-0.3, -0.25) is 5.41 Å². The molecule has 0 aromatic rings. The molecule has 0 amide bonds. The summed E-state index contributed by atoms with van der Waals surface area (Å²) in [5.74, 6) is 1.35. The molecule has 0 aliphatic rings. The number of nitrogens with one attached hydrogen (secondary N) is 1. The van der Waals surface area contributed by atoms with Crippen LogP contribution in [-0.4, -0.2) is 37.5 Å². The summed E-state index contributed by atoms with van der Waals surface area (Å²) < 4.78 is 5.04. The summed E-state index contributed by atoms with van der Waals surface area (Å²) in [5, 5.41) is 7.89. The van der Waals surface area contributed by atoms with Gasteiger partial charge in [0.1, 0.15) is 0 Å². The molecule has 3 heteroatoms. The van der Waals surface area contributed by atoms with Crippen LogP contribution in [0, 0.1) is 11.3 Å². The first-order valence-corrected chi connectivity index (χ1v) is 5.43. The topological polar surface area (TPSA) is 36.3 Å². The normalized spacial score (nSPS) is 10.6. The fourth-order valence-corrected chi connectivity index (χ4v) is 1.37. The molecule has 0 aromatic heterocycles. The molecule has 0 atom stereocenters. The molecule has 0 saturated carbocycles. The molecule has 0 spiro atoms. The van der Waals surface area contributed by atoms with Crippen LogP contribution in [0.2, 0.25) is 0 Å². The van der Waals surface area contributed by atoms with Crippen LogP contribution in [0.3, 0.4) is 0 Å². The zero-order chi connectivity index (χ0) is 11.0. The Hall–Kier alpha value is -0.570.